The van der Waals surface area contributed by atoms with Gasteiger partial charge in [0.2, 0.25) is 0 Å². The van der Waals surface area contributed by atoms with Crippen molar-refractivity contribution >= 4 is 36.1 Å². The number of hydrogen-bond donors (Lipinski definition) is 1. The van der Waals surface area contributed by atoms with Crippen LogP contribution in [0.15, 0.2) is 60.8 Å². The molecule has 10 heteroatoms. The van der Waals surface area contributed by atoms with Crippen LogP contribution in [0.5, 0.6) is 0 Å². The van der Waals surface area contributed by atoms with Gasteiger partial charge in [-0.1, -0.05) is 37.8 Å². The largest absolute Gasteiger partial charge is 0.478 e. The quantitative estimate of drug-likeness (QED) is 0.106. The summed E-state index contributed by atoms with van der Waals surface area (Å²) in [4.78, 5) is 23.7. The van der Waals surface area contributed by atoms with Crippen LogP contribution in [-0.2, 0) is 23.3 Å². The Balaban J connectivity index is 1.23. The summed E-state index contributed by atoms with van der Waals surface area (Å²) in [6.45, 7) is 14.6. The van der Waals surface area contributed by atoms with E-state index in [9.17, 15) is 9.90 Å². The van der Waals surface area contributed by atoms with E-state index in [2.05, 4.69) is 78.0 Å². The highest BCUT2D eigenvalue weighted by Crippen LogP contribution is 2.37. The average molecular weight is 668 g/mol. The van der Waals surface area contributed by atoms with E-state index in [1.807, 2.05) is 25.3 Å². The van der Waals surface area contributed by atoms with Crippen LogP contribution in [0.4, 0.5) is 0 Å². The van der Waals surface area contributed by atoms with E-state index in [4.69, 9.17) is 19.4 Å². The number of methoxy groups -OCH3 is 1. The summed E-state index contributed by atoms with van der Waals surface area (Å²) < 4.78 is 16.3. The zero-order valence-corrected chi connectivity index (χ0v) is 30.4. The molecule has 4 heterocycles. The molecule has 0 amide bonds. The maximum atomic E-state index is 11.3. The Morgan fingerprint density at radius 3 is 2.44 bits per heavy atom. The standard InChI is InChI=1S/C38H49N5O4Si/c1-25(42-18-15-28(16-19-42)27-8-10-29(11-9-27)38(44)45)35-23-32-31(14-17-39-37(32)41(35)3)30-12-13-34-33(22-30)40-36(26(2)46-4)43(34)24-47-20-21-48(5,6)7/h8-14,17,22-23,25-26,28H,15-16,18-21,24H2,1-7H3,(H,44,45)/t25-,26+/m0/s1. The van der Waals surface area contributed by atoms with Gasteiger partial charge in [-0.25, -0.2) is 14.8 Å². The second-order valence-electron chi connectivity index (χ2n) is 14.5. The van der Waals surface area contributed by atoms with Gasteiger partial charge < -0.3 is 23.7 Å². The van der Waals surface area contributed by atoms with Crippen LogP contribution in [0.3, 0.4) is 0 Å². The fourth-order valence-electron chi connectivity index (χ4n) is 7.00. The van der Waals surface area contributed by atoms with Gasteiger partial charge in [-0.15, -0.1) is 0 Å². The van der Waals surface area contributed by atoms with Gasteiger partial charge in [0, 0.05) is 52.2 Å². The highest BCUT2D eigenvalue weighted by Gasteiger charge is 2.27. The SMILES string of the molecule is CO[C@H](C)c1nc2cc(-c3ccnc4c3cc([C@H](C)N3CCC(c5ccc(C(=O)O)cc5)CC3)n4C)ccc2n1COCC[Si](C)(C)C. The highest BCUT2D eigenvalue weighted by atomic mass is 28.3. The van der Waals surface area contributed by atoms with Crippen molar-refractivity contribution in [2.45, 2.75) is 77.2 Å². The fourth-order valence-corrected chi connectivity index (χ4v) is 7.75. The molecule has 48 heavy (non-hydrogen) atoms. The van der Waals surface area contributed by atoms with E-state index in [-0.39, 0.29) is 12.1 Å². The Morgan fingerprint density at radius 2 is 1.77 bits per heavy atom. The van der Waals surface area contributed by atoms with E-state index in [0.29, 0.717) is 18.2 Å². The molecule has 6 rings (SSSR count). The number of fused-ring (bicyclic) bond motifs is 2. The molecule has 2 aromatic carbocycles. The molecule has 1 saturated heterocycles. The molecule has 0 unspecified atom stereocenters. The monoisotopic (exact) mass is 667 g/mol. The minimum absolute atomic E-state index is 0.158. The third-order valence-electron chi connectivity index (χ3n) is 10.1. The molecule has 0 spiro atoms. The molecule has 3 aromatic heterocycles. The lowest BCUT2D eigenvalue weighted by Gasteiger charge is -2.36. The van der Waals surface area contributed by atoms with Gasteiger partial charge in [0.25, 0.3) is 0 Å². The number of likely N-dealkylation sites (tertiary alicyclic amines) is 1. The van der Waals surface area contributed by atoms with Gasteiger partial charge in [-0.05, 0) is 105 Å². The van der Waals surface area contributed by atoms with Crippen LogP contribution < -0.4 is 0 Å². The second kappa shape index (κ2) is 14.0. The maximum absolute atomic E-state index is 11.3. The van der Waals surface area contributed by atoms with E-state index in [1.54, 1.807) is 19.2 Å². The number of imidazole rings is 1. The van der Waals surface area contributed by atoms with Crippen LogP contribution in [0.1, 0.15) is 72.2 Å². The molecule has 0 bridgehead atoms. The van der Waals surface area contributed by atoms with Crippen molar-refractivity contribution in [1.29, 1.82) is 0 Å². The van der Waals surface area contributed by atoms with Crippen LogP contribution in [-0.4, -0.2) is 70.0 Å². The molecule has 5 aromatic rings. The van der Waals surface area contributed by atoms with Gasteiger partial charge in [-0.2, -0.15) is 0 Å². The van der Waals surface area contributed by atoms with E-state index >= 15 is 0 Å². The topological polar surface area (TPSA) is 94.6 Å². The number of rotatable bonds is 12. The summed E-state index contributed by atoms with van der Waals surface area (Å²) in [7, 11) is 2.66. The van der Waals surface area contributed by atoms with Crippen molar-refractivity contribution in [3.63, 3.8) is 0 Å². The Kier molecular flexibility index (Phi) is 9.90. The summed E-state index contributed by atoms with van der Waals surface area (Å²) in [5.41, 5.74) is 7.99. The summed E-state index contributed by atoms with van der Waals surface area (Å²) in [6.07, 6.45) is 3.84. The fraction of sp³-hybridized carbons (Fsp3) is 0.447. The summed E-state index contributed by atoms with van der Waals surface area (Å²) in [6, 6.07) is 19.7. The molecular weight excluding hydrogens is 619 g/mol. The first kappa shape index (κ1) is 34.0. The van der Waals surface area contributed by atoms with E-state index < -0.39 is 14.0 Å². The van der Waals surface area contributed by atoms with Gasteiger partial charge in [0.15, 0.2) is 0 Å². The zero-order valence-electron chi connectivity index (χ0n) is 29.4. The Bertz CT molecular complexity index is 1900. The van der Waals surface area contributed by atoms with E-state index in [1.165, 1.54) is 11.3 Å². The molecule has 9 nitrogen and oxygen atoms in total. The Labute approximate surface area is 284 Å². The number of ether oxygens (including phenoxy) is 2. The van der Waals surface area contributed by atoms with Crippen molar-refractivity contribution in [3.05, 3.63) is 83.4 Å². The van der Waals surface area contributed by atoms with Gasteiger partial charge in [0.05, 0.1) is 16.6 Å². The lowest BCUT2D eigenvalue weighted by Crippen LogP contribution is -2.35. The lowest BCUT2D eigenvalue weighted by atomic mass is 9.88. The molecule has 0 saturated carbocycles. The summed E-state index contributed by atoms with van der Waals surface area (Å²) in [5.74, 6) is 0.433. The molecule has 254 valence electrons. The smallest absolute Gasteiger partial charge is 0.335 e. The number of pyridine rings is 1. The maximum Gasteiger partial charge on any atom is 0.335 e. The molecule has 1 fully saturated rings. The average Bonchev–Trinajstić information content (AvgIpc) is 3.62. The van der Waals surface area contributed by atoms with Gasteiger partial charge in [0.1, 0.15) is 24.3 Å². The number of aromatic nitrogens is 4. The van der Waals surface area contributed by atoms with Crippen LogP contribution >= 0.6 is 0 Å². The summed E-state index contributed by atoms with van der Waals surface area (Å²) >= 11 is 0. The van der Waals surface area contributed by atoms with Crippen LogP contribution in [0, 0.1) is 0 Å². The zero-order chi connectivity index (χ0) is 34.2. The van der Waals surface area contributed by atoms with Crippen molar-refractivity contribution in [2.75, 3.05) is 26.8 Å². The predicted octanol–water partition coefficient (Wildman–Crippen LogP) is 8.25. The first-order valence-corrected chi connectivity index (χ1v) is 20.8. The van der Waals surface area contributed by atoms with Crippen molar-refractivity contribution in [2.24, 2.45) is 7.05 Å². The third kappa shape index (κ3) is 6.98. The number of carboxylic acid groups (broad SMARTS) is 1. The normalized spacial score (nSPS) is 16.1. The van der Waals surface area contributed by atoms with Crippen molar-refractivity contribution in [3.8, 4) is 11.1 Å². The van der Waals surface area contributed by atoms with Crippen LogP contribution in [0.2, 0.25) is 25.7 Å². The number of carbonyl (C=O) groups is 1. The Morgan fingerprint density at radius 1 is 1.04 bits per heavy atom. The first-order valence-electron chi connectivity index (χ1n) is 17.1. The lowest BCUT2D eigenvalue weighted by molar-refractivity contribution is 0.0689. The number of piperidine rings is 1. The van der Waals surface area contributed by atoms with E-state index in [0.717, 1.165) is 77.6 Å². The second-order valence-corrected chi connectivity index (χ2v) is 20.1. The minimum atomic E-state index is -1.18. The molecule has 1 aliphatic rings. The van der Waals surface area contributed by atoms with Crippen molar-refractivity contribution < 1.29 is 19.4 Å². The number of aryl methyl sites for hydroxylation is 1. The third-order valence-corrected chi connectivity index (χ3v) is 11.8. The molecule has 1 N–H and O–H groups in total. The number of aromatic carboxylic acids is 1. The van der Waals surface area contributed by atoms with Crippen molar-refractivity contribution in [1.82, 2.24) is 24.0 Å². The summed E-state index contributed by atoms with van der Waals surface area (Å²) in [5, 5.41) is 10.4. The molecule has 2 atom stereocenters. The van der Waals surface area contributed by atoms with Gasteiger partial charge >= 0.3 is 5.97 Å². The predicted molar refractivity (Wildman–Crippen MR) is 194 cm³/mol. The molecule has 0 aliphatic carbocycles. The minimum Gasteiger partial charge on any atom is -0.478 e. The van der Waals surface area contributed by atoms with Crippen LogP contribution in [0.25, 0.3) is 33.2 Å². The number of benzene rings is 2. The molecular formula is C38H49N5O4Si. The number of hydrogen-bond acceptors (Lipinski definition) is 6. The first-order chi connectivity index (χ1) is 22.9. The Hall–Kier alpha value is -3.83. The molecule has 1 aliphatic heterocycles. The number of carboxylic acids is 1. The molecule has 0 radical (unpaired) electrons. The van der Waals surface area contributed by atoms with Gasteiger partial charge in [-0.3, -0.25) is 4.90 Å². The highest BCUT2D eigenvalue weighted by molar-refractivity contribution is 6.76. The number of nitrogens with zero attached hydrogens (tertiary/aromatic N) is 5.